The monoisotopic (exact) mass is 544 g/mol. The van der Waals surface area contributed by atoms with Crippen LogP contribution in [-0.4, -0.2) is 50.9 Å². The maximum absolute atomic E-state index is 16.1. The van der Waals surface area contributed by atoms with Gasteiger partial charge in [-0.25, -0.2) is 0 Å². The molecular formula is C29H26B2F4N4O. The molecule has 4 aliphatic heterocycles. The molecule has 0 unspecified atom stereocenters. The van der Waals surface area contributed by atoms with Crippen molar-refractivity contribution in [2.45, 2.75) is 27.7 Å². The summed E-state index contributed by atoms with van der Waals surface area (Å²) >= 11 is 0. The van der Waals surface area contributed by atoms with Gasteiger partial charge in [0.2, 0.25) is 0 Å². The lowest BCUT2D eigenvalue weighted by molar-refractivity contribution is -0.363. The number of ether oxygens (including phenoxy) is 1. The molecule has 0 radical (unpaired) electrons. The molecule has 5 nitrogen and oxygen atoms in total. The molecule has 3 aromatic rings. The van der Waals surface area contributed by atoms with E-state index in [-0.39, 0.29) is 0 Å². The summed E-state index contributed by atoms with van der Waals surface area (Å²) in [5.74, 6) is 0.653. The number of allylic oxidation sites excluding steroid dienone is 4. The first-order valence-corrected chi connectivity index (χ1v) is 13.2. The van der Waals surface area contributed by atoms with Gasteiger partial charge in [-0.05, 0) is 68.1 Å². The first-order chi connectivity index (χ1) is 19.0. The highest BCUT2D eigenvalue weighted by molar-refractivity contribution is 6.59. The van der Waals surface area contributed by atoms with Gasteiger partial charge in [0.25, 0.3) is 0 Å². The van der Waals surface area contributed by atoms with E-state index in [2.05, 4.69) is 0 Å². The summed E-state index contributed by atoms with van der Waals surface area (Å²) in [5, 5.41) is 0. The number of rotatable bonds is 3. The van der Waals surface area contributed by atoms with Crippen molar-refractivity contribution in [1.82, 2.24) is 8.96 Å². The molecular weight excluding hydrogens is 518 g/mol. The largest absolute Gasteiger partial charge is 0.737 e. The van der Waals surface area contributed by atoms with Gasteiger partial charge < -0.3 is 39.9 Å². The summed E-state index contributed by atoms with van der Waals surface area (Å²) in [7, 11) is 1.57. The first kappa shape index (κ1) is 24.7. The molecule has 0 aliphatic carbocycles. The van der Waals surface area contributed by atoms with Gasteiger partial charge in [0, 0.05) is 47.7 Å². The average molecular weight is 544 g/mol. The number of hydrogen-bond acceptors (Lipinski definition) is 1. The van der Waals surface area contributed by atoms with Crippen LogP contribution in [0, 0.1) is 13.8 Å². The van der Waals surface area contributed by atoms with Crippen LogP contribution in [0.4, 0.5) is 17.3 Å². The smallest absolute Gasteiger partial charge is 0.497 e. The highest BCUT2D eigenvalue weighted by Crippen LogP contribution is 2.47. The Morgan fingerprint density at radius 2 is 1.60 bits per heavy atom. The van der Waals surface area contributed by atoms with Crippen LogP contribution >= 0.6 is 0 Å². The quantitative estimate of drug-likeness (QED) is 0.294. The minimum absolute atomic E-state index is 0.326. The molecule has 202 valence electrons. The van der Waals surface area contributed by atoms with Crippen molar-refractivity contribution in [3.8, 4) is 5.75 Å². The molecule has 0 bridgehead atoms. The Morgan fingerprint density at radius 1 is 0.875 bits per heavy atom. The molecule has 4 aliphatic rings. The second kappa shape index (κ2) is 7.90. The highest BCUT2D eigenvalue weighted by Gasteiger charge is 2.56. The third-order valence-electron chi connectivity index (χ3n) is 8.41. The Hall–Kier alpha value is -4.27. The second-order valence-corrected chi connectivity index (χ2v) is 10.9. The Morgan fingerprint density at radius 3 is 2.30 bits per heavy atom. The third kappa shape index (κ3) is 3.00. The van der Waals surface area contributed by atoms with E-state index in [4.69, 9.17) is 4.74 Å². The van der Waals surface area contributed by atoms with Crippen LogP contribution in [-0.2, 0) is 0 Å². The van der Waals surface area contributed by atoms with Crippen LogP contribution in [0.3, 0.4) is 0 Å². The van der Waals surface area contributed by atoms with Crippen molar-refractivity contribution in [2.24, 2.45) is 0 Å². The summed E-state index contributed by atoms with van der Waals surface area (Å²) in [6.45, 7) is -1.50. The van der Waals surface area contributed by atoms with Crippen LogP contribution in [0.2, 0.25) is 0 Å². The van der Waals surface area contributed by atoms with Crippen LogP contribution in [0.5, 0.6) is 5.75 Å². The summed E-state index contributed by atoms with van der Waals surface area (Å²) in [5.41, 5.74) is 5.99. The normalized spacial score (nSPS) is 19.9. The zero-order valence-electron chi connectivity index (χ0n) is 22.7. The van der Waals surface area contributed by atoms with Gasteiger partial charge >= 0.3 is 13.9 Å². The van der Waals surface area contributed by atoms with E-state index in [1.165, 1.54) is 12.4 Å². The maximum atomic E-state index is 16.1. The molecule has 40 heavy (non-hydrogen) atoms. The SMILES string of the molecule is COc1ccc(C2=C3C=CC=[N+]3[B-](F)(F)n3cc(C4=C5C(C)=CC(C)=[N+]5[B-](F)(F)n5c(C)cc(C)c54)cc32)cc1. The fraction of sp³-hybridized carbons (Fsp3) is 0.172. The van der Waals surface area contributed by atoms with Crippen molar-refractivity contribution in [3.05, 3.63) is 112 Å². The molecule has 1 aromatic carbocycles. The Labute approximate surface area is 229 Å². The van der Waals surface area contributed by atoms with E-state index < -0.39 is 13.9 Å². The molecule has 0 saturated carbocycles. The molecule has 11 heteroatoms. The van der Waals surface area contributed by atoms with Crippen LogP contribution in [0.25, 0.3) is 11.1 Å². The molecule has 0 spiro atoms. The van der Waals surface area contributed by atoms with Gasteiger partial charge in [0.15, 0.2) is 11.4 Å². The number of halogens is 4. The van der Waals surface area contributed by atoms with Crippen molar-refractivity contribution in [2.75, 3.05) is 7.11 Å². The zero-order valence-corrected chi connectivity index (χ0v) is 22.7. The minimum Gasteiger partial charge on any atom is -0.497 e. The Bertz CT molecular complexity index is 1870. The molecule has 7 rings (SSSR count). The number of aromatic nitrogens is 2. The number of hydrogen-bond donors (Lipinski definition) is 0. The molecule has 0 atom stereocenters. The summed E-state index contributed by atoms with van der Waals surface area (Å²) in [6, 6.07) is 10.7. The Kier molecular flexibility index (Phi) is 4.89. The van der Waals surface area contributed by atoms with Crippen molar-refractivity contribution in [1.29, 1.82) is 0 Å². The van der Waals surface area contributed by atoms with Gasteiger partial charge in [-0.1, -0.05) is 12.1 Å². The van der Waals surface area contributed by atoms with Crippen LogP contribution in [0.1, 0.15) is 47.6 Å². The maximum Gasteiger partial charge on any atom is 0.737 e. The fourth-order valence-corrected chi connectivity index (χ4v) is 6.84. The minimum atomic E-state index is -4.23. The lowest BCUT2D eigenvalue weighted by Gasteiger charge is -2.33. The number of benzene rings is 1. The number of methoxy groups -OCH3 is 1. The summed E-state index contributed by atoms with van der Waals surface area (Å²) in [6.07, 6.45) is 7.83. The lowest BCUT2D eigenvalue weighted by Crippen LogP contribution is -2.51. The standard InChI is InChI=1S/C29H26B2F4N4O/c1-17-13-19(3)38-28(17)27(29-18(2)14-20(4)39(29)31(38,34)35)22-15-25-26(21-8-10-23(40-5)11-9-21)24-7-6-12-36(24)30(32,33)37(25)16-22/h6-16H,1-5H3. The van der Waals surface area contributed by atoms with E-state index in [1.54, 1.807) is 77.3 Å². The van der Waals surface area contributed by atoms with E-state index in [0.29, 0.717) is 67.8 Å². The van der Waals surface area contributed by atoms with Gasteiger partial charge in [-0.15, -0.1) is 0 Å². The molecule has 6 heterocycles. The fourth-order valence-electron chi connectivity index (χ4n) is 6.84. The summed E-state index contributed by atoms with van der Waals surface area (Å²) in [4.78, 5) is 0. The van der Waals surface area contributed by atoms with E-state index in [0.717, 1.165) is 23.5 Å². The lowest BCUT2D eigenvalue weighted by atomic mass is 9.84. The van der Waals surface area contributed by atoms with E-state index in [1.807, 2.05) is 12.1 Å². The summed E-state index contributed by atoms with van der Waals surface area (Å²) < 4.78 is 73.9. The van der Waals surface area contributed by atoms with Gasteiger partial charge in [-0.3, -0.25) is 0 Å². The highest BCUT2D eigenvalue weighted by atomic mass is 19.3. The number of nitrogens with zero attached hydrogens (tertiary/aromatic N) is 4. The first-order valence-electron chi connectivity index (χ1n) is 13.2. The van der Waals surface area contributed by atoms with Gasteiger partial charge in [0.05, 0.1) is 18.3 Å². The number of fused-ring (bicyclic) bond motifs is 4. The van der Waals surface area contributed by atoms with E-state index >= 15 is 17.3 Å². The molecule has 0 fully saturated rings. The topological polar surface area (TPSA) is 25.1 Å². The third-order valence-corrected chi connectivity index (χ3v) is 8.41. The molecule has 2 aromatic heterocycles. The predicted molar refractivity (Wildman–Crippen MR) is 150 cm³/mol. The zero-order chi connectivity index (χ0) is 28.3. The van der Waals surface area contributed by atoms with Crippen molar-refractivity contribution in [3.63, 3.8) is 0 Å². The molecule has 0 saturated heterocycles. The van der Waals surface area contributed by atoms with Crippen molar-refractivity contribution < 1.29 is 31.0 Å². The average Bonchev–Trinajstić information content (AvgIpc) is 3.67. The van der Waals surface area contributed by atoms with E-state index in [9.17, 15) is 0 Å². The Balaban J connectivity index is 1.54. The van der Waals surface area contributed by atoms with Gasteiger partial charge in [0.1, 0.15) is 17.7 Å². The molecule has 0 N–H and O–H groups in total. The van der Waals surface area contributed by atoms with Crippen LogP contribution in [0.15, 0.2) is 77.8 Å². The predicted octanol–water partition coefficient (Wildman–Crippen LogP) is 5.99. The second-order valence-electron chi connectivity index (χ2n) is 10.9. The van der Waals surface area contributed by atoms with Crippen molar-refractivity contribution >= 4 is 37.0 Å². The van der Waals surface area contributed by atoms with Gasteiger partial charge in [-0.2, -0.15) is 0 Å². The number of aryl methyl sites for hydroxylation is 2. The van der Waals surface area contributed by atoms with Crippen LogP contribution < -0.4 is 4.74 Å². The molecule has 0 amide bonds.